The van der Waals surface area contributed by atoms with Gasteiger partial charge in [0.2, 0.25) is 0 Å². The van der Waals surface area contributed by atoms with Gasteiger partial charge in [0.15, 0.2) is 0 Å². The van der Waals surface area contributed by atoms with E-state index in [9.17, 15) is 9.59 Å². The predicted molar refractivity (Wildman–Crippen MR) is 118 cm³/mol. The molecule has 2 heterocycles. The van der Waals surface area contributed by atoms with Crippen LogP contribution in [-0.4, -0.2) is 24.5 Å². The lowest BCUT2D eigenvalue weighted by molar-refractivity contribution is 0.0916. The molecule has 0 spiro atoms. The summed E-state index contributed by atoms with van der Waals surface area (Å²) in [6.07, 6.45) is 3.98. The Morgan fingerprint density at radius 3 is 2.77 bits per heavy atom. The smallest absolute Gasteiger partial charge is 0.256 e. The van der Waals surface area contributed by atoms with Crippen molar-refractivity contribution in [2.24, 2.45) is 0 Å². The first-order valence-electron chi connectivity index (χ1n) is 10.2. The summed E-state index contributed by atoms with van der Waals surface area (Å²) in [5, 5.41) is 8.34. The molecule has 1 aromatic heterocycles. The molecule has 3 aromatic rings. The van der Waals surface area contributed by atoms with E-state index in [1.54, 1.807) is 6.07 Å². The highest BCUT2D eigenvalue weighted by molar-refractivity contribution is 7.14. The van der Waals surface area contributed by atoms with E-state index in [2.05, 4.69) is 10.6 Å². The van der Waals surface area contributed by atoms with Crippen LogP contribution in [0, 0.1) is 0 Å². The van der Waals surface area contributed by atoms with Gasteiger partial charge in [-0.1, -0.05) is 24.3 Å². The van der Waals surface area contributed by atoms with E-state index in [4.69, 9.17) is 4.74 Å². The molecule has 5 rings (SSSR count). The minimum absolute atomic E-state index is 0.104. The van der Waals surface area contributed by atoms with Gasteiger partial charge >= 0.3 is 0 Å². The van der Waals surface area contributed by atoms with E-state index in [0.29, 0.717) is 22.7 Å². The molecule has 0 saturated carbocycles. The Labute approximate surface area is 179 Å². The molecule has 0 fully saturated rings. The molecule has 2 amide bonds. The number of amides is 2. The van der Waals surface area contributed by atoms with Gasteiger partial charge in [-0.05, 0) is 72.0 Å². The largest absolute Gasteiger partial charge is 0.491 e. The second-order valence-electron chi connectivity index (χ2n) is 7.75. The van der Waals surface area contributed by atoms with Crippen LogP contribution in [0.3, 0.4) is 0 Å². The molecule has 0 saturated heterocycles. The molecule has 1 aliphatic carbocycles. The summed E-state index contributed by atoms with van der Waals surface area (Å²) in [7, 11) is 0. The molecular formula is C24H22N2O3S. The fourth-order valence-corrected chi connectivity index (χ4v) is 4.94. The van der Waals surface area contributed by atoms with Crippen LogP contribution < -0.4 is 15.4 Å². The van der Waals surface area contributed by atoms with E-state index in [0.717, 1.165) is 37.0 Å². The van der Waals surface area contributed by atoms with Crippen LogP contribution in [0.25, 0.3) is 0 Å². The van der Waals surface area contributed by atoms with Crippen LogP contribution in [0.2, 0.25) is 0 Å². The lowest BCUT2D eigenvalue weighted by atomic mass is 10.0. The summed E-state index contributed by atoms with van der Waals surface area (Å²) in [5.41, 5.74) is 4.79. The average Bonchev–Trinajstić information content (AvgIpc) is 3.42. The third-order valence-electron chi connectivity index (χ3n) is 5.71. The third kappa shape index (κ3) is 3.71. The maximum Gasteiger partial charge on any atom is 0.256 e. The Hall–Kier alpha value is -3.12. The van der Waals surface area contributed by atoms with Crippen molar-refractivity contribution in [2.75, 3.05) is 11.9 Å². The van der Waals surface area contributed by atoms with Crippen LogP contribution >= 0.6 is 11.3 Å². The molecule has 1 unspecified atom stereocenters. The number of ether oxygens (including phenoxy) is 1. The minimum Gasteiger partial charge on any atom is -0.491 e. The van der Waals surface area contributed by atoms with Crippen molar-refractivity contribution >= 4 is 28.2 Å². The normalized spacial score (nSPS) is 16.9. The van der Waals surface area contributed by atoms with Gasteiger partial charge in [0.1, 0.15) is 17.4 Å². The number of benzene rings is 2. The maximum absolute atomic E-state index is 12.9. The SMILES string of the molecule is O=C(Nc1sccc1C(=O)NC1COc2ccccc2C1)c1ccc2c(c1)CCC2. The van der Waals surface area contributed by atoms with Crippen LogP contribution in [-0.2, 0) is 19.3 Å². The number of para-hydroxylation sites is 1. The van der Waals surface area contributed by atoms with Crippen LogP contribution in [0.15, 0.2) is 53.9 Å². The van der Waals surface area contributed by atoms with Crippen molar-refractivity contribution in [3.05, 3.63) is 81.7 Å². The Balaban J connectivity index is 1.26. The van der Waals surface area contributed by atoms with Gasteiger partial charge in [-0.3, -0.25) is 9.59 Å². The molecule has 2 aromatic carbocycles. The highest BCUT2D eigenvalue weighted by Gasteiger charge is 2.24. The van der Waals surface area contributed by atoms with Crippen LogP contribution in [0.4, 0.5) is 5.00 Å². The first-order chi connectivity index (χ1) is 14.7. The van der Waals surface area contributed by atoms with Crippen molar-refractivity contribution in [1.29, 1.82) is 0 Å². The van der Waals surface area contributed by atoms with Gasteiger partial charge in [-0.15, -0.1) is 11.3 Å². The number of rotatable bonds is 4. The molecule has 1 aliphatic heterocycles. The monoisotopic (exact) mass is 418 g/mol. The second kappa shape index (κ2) is 7.95. The number of nitrogens with one attached hydrogen (secondary N) is 2. The first kappa shape index (κ1) is 18.9. The van der Waals surface area contributed by atoms with Gasteiger partial charge in [-0.2, -0.15) is 0 Å². The van der Waals surface area contributed by atoms with Gasteiger partial charge in [0.25, 0.3) is 11.8 Å². The van der Waals surface area contributed by atoms with E-state index < -0.39 is 0 Å². The maximum atomic E-state index is 12.9. The zero-order valence-corrected chi connectivity index (χ0v) is 17.3. The van der Waals surface area contributed by atoms with Crippen molar-refractivity contribution in [3.63, 3.8) is 0 Å². The molecule has 30 heavy (non-hydrogen) atoms. The number of fused-ring (bicyclic) bond motifs is 2. The number of hydrogen-bond acceptors (Lipinski definition) is 4. The zero-order chi connectivity index (χ0) is 20.5. The van der Waals surface area contributed by atoms with Crippen LogP contribution in [0.5, 0.6) is 5.75 Å². The summed E-state index contributed by atoms with van der Waals surface area (Å²) >= 11 is 1.35. The highest BCUT2D eigenvalue weighted by atomic mass is 32.1. The van der Waals surface area contributed by atoms with Gasteiger partial charge in [0, 0.05) is 5.56 Å². The Morgan fingerprint density at radius 1 is 0.967 bits per heavy atom. The predicted octanol–water partition coefficient (Wildman–Crippen LogP) is 4.22. The molecule has 0 bridgehead atoms. The Bertz CT molecular complexity index is 1120. The molecular weight excluding hydrogens is 396 g/mol. The number of carbonyl (C=O) groups is 2. The molecule has 1 atom stereocenters. The van der Waals surface area contributed by atoms with E-state index in [1.807, 2.05) is 47.8 Å². The summed E-state index contributed by atoms with van der Waals surface area (Å²) in [6.45, 7) is 0.434. The topological polar surface area (TPSA) is 67.4 Å². The van der Waals surface area contributed by atoms with Gasteiger partial charge < -0.3 is 15.4 Å². The first-order valence-corrected chi connectivity index (χ1v) is 11.1. The minimum atomic E-state index is -0.200. The molecule has 6 heteroatoms. The highest BCUT2D eigenvalue weighted by Crippen LogP contribution is 2.27. The standard InChI is InChI=1S/C24H22N2O3S/c27-22(18-9-8-15-5-3-6-16(15)12-18)26-24-20(10-11-30-24)23(28)25-19-13-17-4-1-2-7-21(17)29-14-19/h1-2,4,7-12,19H,3,5-6,13-14H2,(H,25,28)(H,26,27). The van der Waals surface area contributed by atoms with Crippen molar-refractivity contribution < 1.29 is 14.3 Å². The van der Waals surface area contributed by atoms with E-state index in [1.165, 1.54) is 22.5 Å². The number of hydrogen-bond donors (Lipinski definition) is 2. The fraction of sp³-hybridized carbons (Fsp3) is 0.250. The second-order valence-corrected chi connectivity index (χ2v) is 8.66. The number of carbonyl (C=O) groups excluding carboxylic acids is 2. The van der Waals surface area contributed by atoms with Crippen molar-refractivity contribution in [2.45, 2.75) is 31.7 Å². The molecule has 5 nitrogen and oxygen atoms in total. The number of thiophene rings is 1. The Morgan fingerprint density at radius 2 is 1.83 bits per heavy atom. The number of anilines is 1. The molecule has 2 N–H and O–H groups in total. The summed E-state index contributed by atoms with van der Waals surface area (Å²) < 4.78 is 5.76. The van der Waals surface area contributed by atoms with Gasteiger partial charge in [0.05, 0.1) is 11.6 Å². The Kier molecular flexibility index (Phi) is 5.01. The van der Waals surface area contributed by atoms with E-state index >= 15 is 0 Å². The average molecular weight is 419 g/mol. The van der Waals surface area contributed by atoms with Crippen LogP contribution in [0.1, 0.15) is 43.8 Å². The third-order valence-corrected chi connectivity index (χ3v) is 6.54. The zero-order valence-electron chi connectivity index (χ0n) is 16.4. The van der Waals surface area contributed by atoms with Crippen molar-refractivity contribution in [3.8, 4) is 5.75 Å². The van der Waals surface area contributed by atoms with E-state index in [-0.39, 0.29) is 17.9 Å². The summed E-state index contributed by atoms with van der Waals surface area (Å²) in [6, 6.07) is 15.4. The molecule has 152 valence electrons. The van der Waals surface area contributed by atoms with Gasteiger partial charge in [-0.25, -0.2) is 0 Å². The molecule has 2 aliphatic rings. The quantitative estimate of drug-likeness (QED) is 0.667. The summed E-state index contributed by atoms with van der Waals surface area (Å²) in [5.74, 6) is 0.491. The number of aryl methyl sites for hydroxylation is 2. The lowest BCUT2D eigenvalue weighted by Crippen LogP contribution is -2.42. The summed E-state index contributed by atoms with van der Waals surface area (Å²) in [4.78, 5) is 25.6. The lowest BCUT2D eigenvalue weighted by Gasteiger charge is -2.26. The molecule has 0 radical (unpaired) electrons. The fourth-order valence-electron chi connectivity index (χ4n) is 4.16. The van der Waals surface area contributed by atoms with Crippen molar-refractivity contribution in [1.82, 2.24) is 5.32 Å².